The van der Waals surface area contributed by atoms with Gasteiger partial charge in [0.1, 0.15) is 0 Å². The predicted molar refractivity (Wildman–Crippen MR) is 296 cm³/mol. The lowest BCUT2D eigenvalue weighted by atomic mass is 9.94. The maximum atomic E-state index is 13.0. The lowest BCUT2D eigenvalue weighted by Gasteiger charge is -2.32. The van der Waals surface area contributed by atoms with Gasteiger partial charge in [0.2, 0.25) is 6.29 Å². The van der Waals surface area contributed by atoms with Crippen LogP contribution >= 0.6 is 0 Å². The largest absolute Gasteiger partial charge is 0.481 e. The summed E-state index contributed by atoms with van der Waals surface area (Å²) in [5, 5.41) is 9.17. The van der Waals surface area contributed by atoms with Crippen molar-refractivity contribution in [1.82, 2.24) is 14.7 Å². The Morgan fingerprint density at radius 1 is 0.563 bits per heavy atom. The van der Waals surface area contributed by atoms with Crippen LogP contribution in [0.2, 0.25) is 0 Å². The Morgan fingerprint density at radius 3 is 1.54 bits per heavy atom. The average Bonchev–Trinajstić information content (AvgIpc) is 3.80. The van der Waals surface area contributed by atoms with Gasteiger partial charge in [-0.25, -0.2) is 0 Å². The standard InChI is InChI=1S/C44H85N3O6.C16H32O2/c1-5-7-9-11-12-18-26-40(25-17-10-8-6-2)44(49)51-38-24-16-15-21-31-46(32-22-23-33-47-36-34-45(3)35-37-47)30-20-14-13-19-27-42(48)53-43-29-28-41(52-43)39-50-4;1-3-5-7-9-10-12-14-15(16(17)18)13-11-8-6-4-2/h40-41,43H,5-39H2,1-4H3;15H,3-14H2,1-2H3,(H,17,18). The minimum atomic E-state index is -0.583. The van der Waals surface area contributed by atoms with Gasteiger partial charge in [0.15, 0.2) is 0 Å². The van der Waals surface area contributed by atoms with E-state index in [0.29, 0.717) is 19.6 Å². The van der Waals surface area contributed by atoms with Crippen molar-refractivity contribution in [3.63, 3.8) is 0 Å². The van der Waals surface area contributed by atoms with E-state index in [1.807, 2.05) is 0 Å². The molecule has 0 amide bonds. The van der Waals surface area contributed by atoms with Gasteiger partial charge in [0.25, 0.3) is 0 Å². The molecule has 2 aliphatic heterocycles. The Morgan fingerprint density at radius 2 is 1.01 bits per heavy atom. The molecule has 4 unspecified atom stereocenters. The molecule has 11 nitrogen and oxygen atoms in total. The maximum absolute atomic E-state index is 13.0. The summed E-state index contributed by atoms with van der Waals surface area (Å²) in [5.74, 6) is -0.653. The second kappa shape index (κ2) is 49.1. The molecule has 4 atom stereocenters. The van der Waals surface area contributed by atoms with Gasteiger partial charge in [-0.15, -0.1) is 0 Å². The Labute approximate surface area is 438 Å². The number of methoxy groups -OCH3 is 1. The van der Waals surface area contributed by atoms with Crippen LogP contribution in [0.4, 0.5) is 0 Å². The van der Waals surface area contributed by atoms with Crippen molar-refractivity contribution in [3.05, 3.63) is 0 Å². The lowest BCUT2D eigenvalue weighted by molar-refractivity contribution is -0.177. The highest BCUT2D eigenvalue weighted by atomic mass is 16.7. The van der Waals surface area contributed by atoms with E-state index in [1.54, 1.807) is 7.11 Å². The van der Waals surface area contributed by atoms with Crippen LogP contribution in [0.25, 0.3) is 0 Å². The average molecular weight is 1010 g/mol. The Bertz CT molecular complexity index is 1200. The molecule has 11 heteroatoms. The topological polar surface area (TPSA) is 118 Å². The van der Waals surface area contributed by atoms with Gasteiger partial charge in [-0.1, -0.05) is 182 Å². The second-order valence-corrected chi connectivity index (χ2v) is 21.7. The molecule has 0 aliphatic carbocycles. The first kappa shape index (κ1) is 67.2. The number of ether oxygens (including phenoxy) is 4. The molecular formula is C60H117N3O8. The molecule has 2 aliphatic rings. The van der Waals surface area contributed by atoms with Gasteiger partial charge in [0.05, 0.1) is 31.2 Å². The molecule has 0 aromatic carbocycles. The number of carboxylic acids is 1. The predicted octanol–water partition coefficient (Wildman–Crippen LogP) is 14.8. The highest BCUT2D eigenvalue weighted by Crippen LogP contribution is 2.23. The third-order valence-corrected chi connectivity index (χ3v) is 15.0. The summed E-state index contributed by atoms with van der Waals surface area (Å²) in [7, 11) is 3.89. The van der Waals surface area contributed by atoms with Crippen LogP contribution in [-0.4, -0.2) is 130 Å². The molecule has 2 heterocycles. The first-order valence-corrected chi connectivity index (χ1v) is 30.5. The number of piperazine rings is 1. The van der Waals surface area contributed by atoms with E-state index in [9.17, 15) is 19.5 Å². The minimum absolute atomic E-state index is 0.0411. The van der Waals surface area contributed by atoms with Crippen molar-refractivity contribution in [2.45, 2.75) is 278 Å². The van der Waals surface area contributed by atoms with Crippen molar-refractivity contribution in [1.29, 1.82) is 0 Å². The zero-order valence-electron chi connectivity index (χ0n) is 47.7. The highest BCUT2D eigenvalue weighted by Gasteiger charge is 2.28. The molecule has 0 saturated carbocycles. The molecule has 0 radical (unpaired) electrons. The number of nitrogens with zero attached hydrogens (tertiary/aromatic N) is 3. The van der Waals surface area contributed by atoms with E-state index in [4.69, 9.17) is 18.9 Å². The molecule has 2 fully saturated rings. The van der Waals surface area contributed by atoms with E-state index in [1.165, 1.54) is 174 Å². The molecule has 71 heavy (non-hydrogen) atoms. The molecule has 0 bridgehead atoms. The number of rotatable bonds is 48. The van der Waals surface area contributed by atoms with E-state index in [-0.39, 0.29) is 29.9 Å². The number of aliphatic carboxylic acids is 1. The summed E-state index contributed by atoms with van der Waals surface area (Å²) in [6.45, 7) is 19.5. The van der Waals surface area contributed by atoms with Crippen LogP contribution in [0, 0.1) is 11.8 Å². The minimum Gasteiger partial charge on any atom is -0.481 e. The van der Waals surface area contributed by atoms with Crippen molar-refractivity contribution >= 4 is 17.9 Å². The molecule has 1 N–H and O–H groups in total. The van der Waals surface area contributed by atoms with Crippen LogP contribution < -0.4 is 0 Å². The van der Waals surface area contributed by atoms with Crippen LogP contribution in [0.1, 0.15) is 265 Å². The Kier molecular flexibility index (Phi) is 46.5. The molecule has 0 spiro atoms. The summed E-state index contributed by atoms with van der Waals surface area (Å²) in [6, 6.07) is 0. The third-order valence-electron chi connectivity index (χ3n) is 15.0. The number of esters is 2. The first-order valence-electron chi connectivity index (χ1n) is 30.5. The van der Waals surface area contributed by atoms with Crippen molar-refractivity contribution in [2.24, 2.45) is 11.8 Å². The molecule has 420 valence electrons. The SMILES string of the molecule is CCCCCCCCC(CCCCCC)C(=O)O.CCCCCCCCC(CCCCCC)C(=O)OCCCCCCN(CCCCCCC(=O)OC1CCC(COC)O1)CCCCN1CCN(C)CC1. The highest BCUT2D eigenvalue weighted by molar-refractivity contribution is 5.72. The molecule has 2 rings (SSSR count). The summed E-state index contributed by atoms with van der Waals surface area (Å²) in [4.78, 5) is 44.2. The fourth-order valence-corrected chi connectivity index (χ4v) is 10.1. The second-order valence-electron chi connectivity index (χ2n) is 21.7. The van der Waals surface area contributed by atoms with Gasteiger partial charge < -0.3 is 38.8 Å². The van der Waals surface area contributed by atoms with Crippen LogP contribution in [0.3, 0.4) is 0 Å². The summed E-state index contributed by atoms with van der Waals surface area (Å²) < 4.78 is 22.3. The fraction of sp³-hybridized carbons (Fsp3) is 0.950. The summed E-state index contributed by atoms with van der Waals surface area (Å²) >= 11 is 0. The number of carbonyl (C=O) groups is 3. The fourth-order valence-electron chi connectivity index (χ4n) is 10.1. The van der Waals surface area contributed by atoms with Gasteiger partial charge >= 0.3 is 17.9 Å². The smallest absolute Gasteiger partial charge is 0.308 e. The number of unbranched alkanes of at least 4 members (excludes halogenated alkanes) is 23. The van der Waals surface area contributed by atoms with E-state index >= 15 is 0 Å². The summed E-state index contributed by atoms with van der Waals surface area (Å²) in [6.07, 6.45) is 41.5. The molecular weight excluding hydrogens is 891 g/mol. The quantitative estimate of drug-likeness (QED) is 0.0464. The van der Waals surface area contributed by atoms with E-state index in [2.05, 4.69) is 49.4 Å². The normalized spacial score (nSPS) is 17.3. The van der Waals surface area contributed by atoms with Gasteiger partial charge in [-0.05, 0) is 104 Å². The van der Waals surface area contributed by atoms with E-state index < -0.39 is 12.3 Å². The number of carboxylic acid groups (broad SMARTS) is 1. The zero-order valence-corrected chi connectivity index (χ0v) is 47.7. The van der Waals surface area contributed by atoms with E-state index in [0.717, 1.165) is 109 Å². The number of hydrogen-bond donors (Lipinski definition) is 1. The monoisotopic (exact) mass is 1010 g/mol. The summed E-state index contributed by atoms with van der Waals surface area (Å²) in [5.41, 5.74) is 0. The van der Waals surface area contributed by atoms with Gasteiger partial charge in [-0.2, -0.15) is 0 Å². The zero-order chi connectivity index (χ0) is 51.8. The maximum Gasteiger partial charge on any atom is 0.308 e. The van der Waals surface area contributed by atoms with Crippen molar-refractivity contribution < 1.29 is 38.4 Å². The number of likely N-dealkylation sites (N-methyl/N-ethyl adjacent to an activating group) is 1. The van der Waals surface area contributed by atoms with Gasteiger partial charge in [0, 0.05) is 46.1 Å². The number of hydrogen-bond acceptors (Lipinski definition) is 10. The van der Waals surface area contributed by atoms with Crippen LogP contribution in [0.5, 0.6) is 0 Å². The Balaban J connectivity index is 0.00000118. The van der Waals surface area contributed by atoms with Gasteiger partial charge in [-0.3, -0.25) is 14.4 Å². The van der Waals surface area contributed by atoms with Crippen molar-refractivity contribution in [3.8, 4) is 0 Å². The third kappa shape index (κ3) is 40.2. The van der Waals surface area contributed by atoms with Crippen LogP contribution in [0.15, 0.2) is 0 Å². The lowest BCUT2D eigenvalue weighted by Crippen LogP contribution is -2.44. The van der Waals surface area contributed by atoms with Crippen molar-refractivity contribution in [2.75, 3.05) is 79.7 Å². The molecule has 0 aromatic heterocycles. The number of carbonyl (C=O) groups excluding carboxylic acids is 2. The Hall–Kier alpha value is -1.79. The molecule has 0 aromatic rings. The first-order chi connectivity index (χ1) is 34.7. The molecule has 2 saturated heterocycles. The van der Waals surface area contributed by atoms with Crippen LogP contribution in [-0.2, 0) is 33.3 Å².